The maximum atomic E-state index is 12.4. The van der Waals surface area contributed by atoms with Gasteiger partial charge in [-0.1, -0.05) is 39.5 Å². The van der Waals surface area contributed by atoms with Gasteiger partial charge in [0.25, 0.3) is 0 Å². The van der Waals surface area contributed by atoms with E-state index in [-0.39, 0.29) is 36.0 Å². The van der Waals surface area contributed by atoms with Gasteiger partial charge in [0.1, 0.15) is 6.61 Å². The molecule has 0 aliphatic carbocycles. The molecule has 0 spiro atoms. The maximum absolute atomic E-state index is 12.4. The Kier molecular flexibility index (Phi) is 7.26. The van der Waals surface area contributed by atoms with E-state index in [0.717, 1.165) is 16.7 Å². The van der Waals surface area contributed by atoms with Crippen molar-refractivity contribution in [2.75, 3.05) is 19.8 Å². The van der Waals surface area contributed by atoms with Crippen molar-refractivity contribution < 1.29 is 28.7 Å². The van der Waals surface area contributed by atoms with Crippen LogP contribution in [0.3, 0.4) is 0 Å². The first-order valence-corrected chi connectivity index (χ1v) is 8.75. The molecule has 0 aromatic carbocycles. The summed E-state index contributed by atoms with van der Waals surface area (Å²) in [7, 11) is 0. The number of esters is 1. The highest BCUT2D eigenvalue weighted by Crippen LogP contribution is 2.31. The molecule has 1 heterocycles. The number of imide groups is 1. The summed E-state index contributed by atoms with van der Waals surface area (Å²) in [5.41, 5.74) is 0. The molecule has 0 aromatic heterocycles. The Morgan fingerprint density at radius 1 is 1.33 bits per heavy atom. The number of amides is 2. The number of rotatable bonds is 6. The molecule has 7 nitrogen and oxygen atoms in total. The van der Waals surface area contributed by atoms with Crippen molar-refractivity contribution in [3.63, 3.8) is 0 Å². The fourth-order valence-electron chi connectivity index (χ4n) is 2.19. The van der Waals surface area contributed by atoms with Gasteiger partial charge in [-0.05, 0) is 6.92 Å². The molecule has 0 unspecified atom stereocenters. The summed E-state index contributed by atoms with van der Waals surface area (Å²) >= 11 is 1.13. The van der Waals surface area contributed by atoms with Crippen LogP contribution in [0.1, 0.15) is 41.0 Å². The van der Waals surface area contributed by atoms with Crippen molar-refractivity contribution >= 4 is 34.8 Å². The fraction of sp³-hybridized carbons (Fsp3) is 0.750. The monoisotopic (exact) mass is 359 g/mol. The lowest BCUT2D eigenvalue weighted by molar-refractivity contribution is -0.153. The Labute approximate surface area is 146 Å². The largest absolute Gasteiger partial charge is 0.466 e. The molecule has 1 aliphatic rings. The molecule has 0 radical (unpaired) electrons. The van der Waals surface area contributed by atoms with Crippen LogP contribution in [0.4, 0.5) is 4.79 Å². The number of thioether (sulfide) groups is 1. The van der Waals surface area contributed by atoms with E-state index in [1.807, 2.05) is 20.8 Å². The maximum Gasteiger partial charge on any atom is 0.416 e. The van der Waals surface area contributed by atoms with E-state index < -0.39 is 29.8 Å². The summed E-state index contributed by atoms with van der Waals surface area (Å²) < 4.78 is 9.44. The molecule has 2 atom stereocenters. The zero-order chi connectivity index (χ0) is 18.5. The van der Waals surface area contributed by atoms with Gasteiger partial charge in [0.15, 0.2) is 5.12 Å². The van der Waals surface area contributed by atoms with E-state index in [1.54, 1.807) is 13.8 Å². The molecule has 0 saturated carbocycles. The Morgan fingerprint density at radius 2 is 1.96 bits per heavy atom. The number of hydrogen-bond donors (Lipinski definition) is 0. The predicted molar refractivity (Wildman–Crippen MR) is 89.3 cm³/mol. The van der Waals surface area contributed by atoms with Gasteiger partial charge in [-0.25, -0.2) is 9.69 Å². The molecule has 0 N–H and O–H groups in total. The van der Waals surface area contributed by atoms with Gasteiger partial charge in [0.2, 0.25) is 5.91 Å². The topological polar surface area (TPSA) is 90.0 Å². The van der Waals surface area contributed by atoms with Crippen LogP contribution in [-0.4, -0.2) is 52.5 Å². The SMILES string of the molecule is CCOC(=O)[C@@H](CC(=O)N1CCOC1=O)[C@@H](C)C(=O)SC(C)(C)C. The first-order valence-electron chi connectivity index (χ1n) is 7.93. The highest BCUT2D eigenvalue weighted by atomic mass is 32.2. The minimum atomic E-state index is -0.923. The third-order valence-corrected chi connectivity index (χ3v) is 4.61. The minimum absolute atomic E-state index is 0.142. The molecule has 0 aromatic rings. The lowest BCUT2D eigenvalue weighted by Gasteiger charge is -2.25. The van der Waals surface area contributed by atoms with Crippen LogP contribution in [0.5, 0.6) is 0 Å². The smallest absolute Gasteiger partial charge is 0.416 e. The standard InChI is InChI=1S/C16H25NO6S/c1-6-22-13(19)11(10(2)14(20)24-16(3,4)5)9-12(18)17-7-8-23-15(17)21/h10-11H,6-9H2,1-5H3/t10-,11+/m1/s1. The fourth-order valence-corrected chi connectivity index (χ4v) is 3.14. The predicted octanol–water partition coefficient (Wildman–Crippen LogP) is 2.23. The van der Waals surface area contributed by atoms with Gasteiger partial charge < -0.3 is 9.47 Å². The molecule has 1 fully saturated rings. The lowest BCUT2D eigenvalue weighted by atomic mass is 9.91. The van der Waals surface area contributed by atoms with Gasteiger partial charge in [-0.15, -0.1) is 0 Å². The molecule has 1 saturated heterocycles. The van der Waals surface area contributed by atoms with Crippen LogP contribution in [-0.2, 0) is 23.9 Å². The Balaban J connectivity index is 2.87. The summed E-state index contributed by atoms with van der Waals surface area (Å²) in [5.74, 6) is -2.76. The summed E-state index contributed by atoms with van der Waals surface area (Å²) in [4.78, 5) is 49.4. The second-order valence-electron chi connectivity index (χ2n) is 6.54. The molecule has 2 amide bonds. The number of hydrogen-bond acceptors (Lipinski definition) is 7. The van der Waals surface area contributed by atoms with Crippen LogP contribution in [0.2, 0.25) is 0 Å². The van der Waals surface area contributed by atoms with Gasteiger partial charge >= 0.3 is 12.1 Å². The Bertz CT molecular complexity index is 513. The summed E-state index contributed by atoms with van der Waals surface area (Å²) in [6.07, 6.45) is -0.975. The van der Waals surface area contributed by atoms with Crippen molar-refractivity contribution in [3.8, 4) is 0 Å². The second kappa shape index (κ2) is 8.50. The van der Waals surface area contributed by atoms with Crippen LogP contribution >= 0.6 is 11.8 Å². The van der Waals surface area contributed by atoms with Crippen molar-refractivity contribution in [2.24, 2.45) is 11.8 Å². The van der Waals surface area contributed by atoms with Gasteiger partial charge in [-0.2, -0.15) is 0 Å². The van der Waals surface area contributed by atoms with E-state index in [4.69, 9.17) is 9.47 Å². The molecule has 24 heavy (non-hydrogen) atoms. The molecular formula is C16H25NO6S. The first-order chi connectivity index (χ1) is 11.1. The van der Waals surface area contributed by atoms with Gasteiger partial charge in [0, 0.05) is 17.1 Å². The lowest BCUT2D eigenvalue weighted by Crippen LogP contribution is -2.38. The molecule has 8 heteroatoms. The number of carbonyl (C=O) groups is 4. The van der Waals surface area contributed by atoms with Crippen LogP contribution in [0.25, 0.3) is 0 Å². The third kappa shape index (κ3) is 5.81. The third-order valence-electron chi connectivity index (χ3n) is 3.43. The summed E-state index contributed by atoms with van der Waals surface area (Å²) in [6.45, 7) is 9.41. The molecule has 136 valence electrons. The Morgan fingerprint density at radius 3 is 2.42 bits per heavy atom. The summed E-state index contributed by atoms with van der Waals surface area (Å²) in [5, 5.41) is -0.183. The van der Waals surface area contributed by atoms with E-state index in [1.165, 1.54) is 0 Å². The van der Waals surface area contributed by atoms with E-state index in [0.29, 0.717) is 0 Å². The average Bonchev–Trinajstić information content (AvgIpc) is 2.88. The van der Waals surface area contributed by atoms with Crippen molar-refractivity contribution in [3.05, 3.63) is 0 Å². The van der Waals surface area contributed by atoms with Gasteiger partial charge in [0.05, 0.1) is 19.1 Å². The Hall–Kier alpha value is -1.57. The number of ether oxygens (including phenoxy) is 2. The quantitative estimate of drug-likeness (QED) is 0.672. The zero-order valence-corrected chi connectivity index (χ0v) is 15.6. The highest BCUT2D eigenvalue weighted by Gasteiger charge is 2.38. The van der Waals surface area contributed by atoms with Crippen molar-refractivity contribution in [1.29, 1.82) is 0 Å². The van der Waals surface area contributed by atoms with E-state index in [2.05, 4.69) is 0 Å². The van der Waals surface area contributed by atoms with Crippen molar-refractivity contribution in [2.45, 2.75) is 45.8 Å². The van der Waals surface area contributed by atoms with Crippen LogP contribution in [0, 0.1) is 11.8 Å². The second-order valence-corrected chi connectivity index (χ2v) is 8.38. The highest BCUT2D eigenvalue weighted by molar-refractivity contribution is 8.14. The molecule has 0 bridgehead atoms. The zero-order valence-electron chi connectivity index (χ0n) is 14.8. The molecule has 1 aliphatic heterocycles. The van der Waals surface area contributed by atoms with E-state index >= 15 is 0 Å². The molecule has 1 rings (SSSR count). The van der Waals surface area contributed by atoms with Crippen LogP contribution < -0.4 is 0 Å². The summed E-state index contributed by atoms with van der Waals surface area (Å²) in [6, 6.07) is 0. The average molecular weight is 359 g/mol. The number of carbonyl (C=O) groups excluding carboxylic acids is 4. The van der Waals surface area contributed by atoms with E-state index in [9.17, 15) is 19.2 Å². The normalized spacial score (nSPS) is 17.2. The molecular weight excluding hydrogens is 334 g/mol. The minimum Gasteiger partial charge on any atom is -0.466 e. The van der Waals surface area contributed by atoms with Crippen LogP contribution in [0.15, 0.2) is 0 Å². The first kappa shape index (κ1) is 20.5. The number of nitrogens with zero attached hydrogens (tertiary/aromatic N) is 1. The van der Waals surface area contributed by atoms with Gasteiger partial charge in [-0.3, -0.25) is 14.4 Å². The number of cyclic esters (lactones) is 1. The van der Waals surface area contributed by atoms with Crippen molar-refractivity contribution in [1.82, 2.24) is 4.90 Å².